The molecule has 0 aromatic heterocycles. The van der Waals surface area contributed by atoms with Crippen LogP contribution in [0.1, 0.15) is 10.4 Å². The quantitative estimate of drug-likeness (QED) is 0.852. The lowest BCUT2D eigenvalue weighted by molar-refractivity contribution is 0.0692. The summed E-state index contributed by atoms with van der Waals surface area (Å²) in [4.78, 5) is 10.6. The molecule has 0 bridgehead atoms. The second-order valence-electron chi connectivity index (χ2n) is 3.64. The van der Waals surface area contributed by atoms with E-state index in [-0.39, 0.29) is 15.7 Å². The predicted molar refractivity (Wildman–Crippen MR) is 62.4 cm³/mol. The van der Waals surface area contributed by atoms with E-state index in [2.05, 4.69) is 0 Å². The van der Waals surface area contributed by atoms with Gasteiger partial charge in [-0.2, -0.15) is 0 Å². The number of rotatable bonds is 2. The summed E-state index contributed by atoms with van der Waals surface area (Å²) in [6.07, 6.45) is 0. The first kappa shape index (κ1) is 12.3. The Bertz CT molecular complexity index is 751. The fourth-order valence-corrected chi connectivity index (χ4v) is 2.47. The summed E-state index contributed by atoms with van der Waals surface area (Å²) >= 11 is 0. The largest absolute Gasteiger partial charge is 0.478 e. The number of hydrogen-bond acceptors (Lipinski definition) is 3. The van der Waals surface area contributed by atoms with Crippen molar-refractivity contribution >= 4 is 26.8 Å². The van der Waals surface area contributed by atoms with Crippen molar-refractivity contribution in [3.63, 3.8) is 0 Å². The maximum absolute atomic E-state index is 11.8. The van der Waals surface area contributed by atoms with E-state index >= 15 is 0 Å². The third kappa shape index (κ3) is 1.89. The minimum absolute atomic E-state index is 0.0152. The molecule has 0 atom stereocenters. The standard InChI is InChI=1S/C11H8NO5S/c12-18(16,17)9-3-1-2-7-6(9)4-5-8(10(7)13)11(14)15/h1-5H,(H,14,15)(H2,12,16,17). The number of nitrogens with two attached hydrogens (primary N) is 1. The van der Waals surface area contributed by atoms with Crippen LogP contribution in [0.15, 0.2) is 35.2 Å². The molecule has 0 unspecified atom stereocenters. The highest BCUT2D eigenvalue weighted by atomic mass is 32.2. The molecule has 93 valence electrons. The van der Waals surface area contributed by atoms with E-state index in [1.165, 1.54) is 24.3 Å². The lowest BCUT2D eigenvalue weighted by atomic mass is 10.1. The van der Waals surface area contributed by atoms with Crippen molar-refractivity contribution in [2.75, 3.05) is 0 Å². The van der Waals surface area contributed by atoms with Gasteiger partial charge in [0.2, 0.25) is 15.8 Å². The number of carboxylic acids is 1. The molecular weight excluding hydrogens is 258 g/mol. The van der Waals surface area contributed by atoms with Crippen LogP contribution in [0, 0.1) is 0 Å². The van der Waals surface area contributed by atoms with E-state index in [4.69, 9.17) is 10.2 Å². The average molecular weight is 266 g/mol. The van der Waals surface area contributed by atoms with Gasteiger partial charge in [0, 0.05) is 10.8 Å². The van der Waals surface area contributed by atoms with E-state index in [1.807, 2.05) is 0 Å². The van der Waals surface area contributed by atoms with Gasteiger partial charge < -0.3 is 5.11 Å². The van der Waals surface area contributed by atoms with Crippen molar-refractivity contribution in [1.82, 2.24) is 0 Å². The second-order valence-corrected chi connectivity index (χ2v) is 5.17. The highest BCUT2D eigenvalue weighted by Gasteiger charge is 2.18. The summed E-state index contributed by atoms with van der Waals surface area (Å²) in [5.74, 6) is -2.09. The van der Waals surface area contributed by atoms with Crippen LogP contribution in [0.5, 0.6) is 5.75 Å². The van der Waals surface area contributed by atoms with Crippen LogP contribution in [0.3, 0.4) is 0 Å². The highest BCUT2D eigenvalue weighted by Crippen LogP contribution is 2.32. The molecule has 7 heteroatoms. The van der Waals surface area contributed by atoms with E-state index in [0.717, 1.165) is 6.07 Å². The summed E-state index contributed by atoms with van der Waals surface area (Å²) < 4.78 is 22.7. The fraction of sp³-hybridized carbons (Fsp3) is 0. The van der Waals surface area contributed by atoms with Crippen molar-refractivity contribution in [3.05, 3.63) is 35.9 Å². The lowest BCUT2D eigenvalue weighted by Crippen LogP contribution is -2.12. The Hall–Kier alpha value is -2.12. The molecule has 6 nitrogen and oxygen atoms in total. The average Bonchev–Trinajstić information content (AvgIpc) is 2.27. The van der Waals surface area contributed by atoms with Crippen molar-refractivity contribution in [3.8, 4) is 5.75 Å². The van der Waals surface area contributed by atoms with Crippen LogP contribution in [0.2, 0.25) is 0 Å². The third-order valence-electron chi connectivity index (χ3n) is 2.51. The van der Waals surface area contributed by atoms with Gasteiger partial charge in [-0.25, -0.2) is 18.4 Å². The zero-order valence-electron chi connectivity index (χ0n) is 8.95. The molecular formula is C11H8NO5S. The zero-order chi connectivity index (χ0) is 13.5. The number of benzene rings is 2. The summed E-state index contributed by atoms with van der Waals surface area (Å²) in [5.41, 5.74) is -0.408. The maximum Gasteiger partial charge on any atom is 0.339 e. The van der Waals surface area contributed by atoms with Gasteiger partial charge in [-0.1, -0.05) is 18.2 Å². The van der Waals surface area contributed by atoms with Crippen LogP contribution in [-0.4, -0.2) is 19.5 Å². The van der Waals surface area contributed by atoms with Gasteiger partial charge in [-0.3, -0.25) is 5.11 Å². The molecule has 2 rings (SSSR count). The van der Waals surface area contributed by atoms with Crippen LogP contribution < -0.4 is 5.14 Å². The Labute approximate surface area is 102 Å². The number of sulfonamides is 1. The number of primary sulfonamides is 1. The first-order valence-corrected chi connectivity index (χ1v) is 6.36. The number of carboxylic acid groups (broad SMARTS) is 1. The van der Waals surface area contributed by atoms with E-state index < -0.39 is 27.3 Å². The molecule has 0 saturated heterocycles. The maximum atomic E-state index is 11.8. The van der Waals surface area contributed by atoms with E-state index in [9.17, 15) is 18.3 Å². The highest BCUT2D eigenvalue weighted by molar-refractivity contribution is 7.89. The molecule has 0 fully saturated rings. The molecule has 1 radical (unpaired) electrons. The first-order valence-electron chi connectivity index (χ1n) is 4.81. The summed E-state index contributed by atoms with van der Waals surface area (Å²) in [6, 6.07) is 6.30. The minimum Gasteiger partial charge on any atom is -0.478 e. The molecule has 0 saturated carbocycles. The summed E-state index contributed by atoms with van der Waals surface area (Å²) in [5, 5.41) is 25.8. The number of carbonyl (C=O) groups is 1. The Morgan fingerprint density at radius 3 is 2.33 bits per heavy atom. The van der Waals surface area contributed by atoms with Gasteiger partial charge in [0.25, 0.3) is 0 Å². The Morgan fingerprint density at radius 2 is 1.78 bits per heavy atom. The van der Waals surface area contributed by atoms with Crippen LogP contribution >= 0.6 is 0 Å². The molecule has 0 amide bonds. The summed E-state index contributed by atoms with van der Waals surface area (Å²) in [7, 11) is -3.97. The van der Waals surface area contributed by atoms with Crippen molar-refractivity contribution < 1.29 is 23.4 Å². The number of hydrogen-bond donors (Lipinski definition) is 2. The van der Waals surface area contributed by atoms with Crippen molar-refractivity contribution in [1.29, 1.82) is 0 Å². The van der Waals surface area contributed by atoms with Crippen molar-refractivity contribution in [2.45, 2.75) is 4.90 Å². The zero-order valence-corrected chi connectivity index (χ0v) is 9.77. The molecule has 0 aliphatic carbocycles. The SMILES string of the molecule is NS(=O)(=O)c1cccc2c([O])c(C(=O)O)ccc12. The number of aromatic carboxylic acids is 1. The van der Waals surface area contributed by atoms with E-state index in [0.29, 0.717) is 0 Å². The molecule has 0 spiro atoms. The first-order chi connectivity index (χ1) is 8.32. The Morgan fingerprint density at radius 1 is 1.11 bits per heavy atom. The van der Waals surface area contributed by atoms with E-state index in [1.54, 1.807) is 0 Å². The Kier molecular flexibility index (Phi) is 2.72. The van der Waals surface area contributed by atoms with Crippen LogP contribution in [0.25, 0.3) is 10.8 Å². The van der Waals surface area contributed by atoms with Gasteiger partial charge in [0.05, 0.1) is 4.90 Å². The molecule has 2 aromatic rings. The summed E-state index contributed by atoms with van der Waals surface area (Å²) in [6.45, 7) is 0. The predicted octanol–water partition coefficient (Wildman–Crippen LogP) is 1.33. The molecule has 3 N–H and O–H groups in total. The van der Waals surface area contributed by atoms with Gasteiger partial charge in [0.1, 0.15) is 5.56 Å². The monoisotopic (exact) mass is 266 g/mol. The fourth-order valence-electron chi connectivity index (χ4n) is 1.72. The molecule has 18 heavy (non-hydrogen) atoms. The topological polar surface area (TPSA) is 117 Å². The number of fused-ring (bicyclic) bond motifs is 1. The third-order valence-corrected chi connectivity index (χ3v) is 3.48. The normalized spacial score (nSPS) is 11.6. The van der Waals surface area contributed by atoms with Crippen LogP contribution in [-0.2, 0) is 15.1 Å². The smallest absolute Gasteiger partial charge is 0.339 e. The molecule has 0 aliphatic rings. The lowest BCUT2D eigenvalue weighted by Gasteiger charge is -2.06. The van der Waals surface area contributed by atoms with Gasteiger partial charge in [0.15, 0.2) is 0 Å². The second kappa shape index (κ2) is 3.97. The van der Waals surface area contributed by atoms with Crippen LogP contribution in [0.4, 0.5) is 0 Å². The van der Waals surface area contributed by atoms with Gasteiger partial charge >= 0.3 is 5.97 Å². The molecule has 0 heterocycles. The molecule has 2 aromatic carbocycles. The van der Waals surface area contributed by atoms with Gasteiger partial charge in [-0.15, -0.1) is 0 Å². The Balaban J connectivity index is 2.92. The molecule has 0 aliphatic heterocycles. The minimum atomic E-state index is -3.97. The van der Waals surface area contributed by atoms with Crippen molar-refractivity contribution in [2.24, 2.45) is 5.14 Å². The van der Waals surface area contributed by atoms with Gasteiger partial charge in [-0.05, 0) is 12.1 Å².